The summed E-state index contributed by atoms with van der Waals surface area (Å²) < 4.78 is 751. The van der Waals surface area contributed by atoms with Crippen LogP contribution in [0.2, 0.25) is 0 Å². The molecule has 3 unspecified atom stereocenters. The van der Waals surface area contributed by atoms with Crippen LogP contribution in [0, 0.1) is 29.2 Å². The quantitative estimate of drug-likeness (QED) is 0.0202. The van der Waals surface area contributed by atoms with E-state index in [1.165, 1.54) is 12.1 Å². The third kappa shape index (κ3) is 29.3. The van der Waals surface area contributed by atoms with Gasteiger partial charge in [0.1, 0.15) is 36.9 Å². The Hall–Kier alpha value is -11.9. The summed E-state index contributed by atoms with van der Waals surface area (Å²) in [6.45, 7) is -62.7. The van der Waals surface area contributed by atoms with E-state index in [0.29, 0.717) is 72.1 Å². The van der Waals surface area contributed by atoms with Crippen LogP contribution in [-0.4, -0.2) is 154 Å². The number of nitrogens with zero attached hydrogens (tertiary/aromatic N) is 12. The van der Waals surface area contributed by atoms with Crippen molar-refractivity contribution in [3.63, 3.8) is 0 Å². The number of alkyl halides is 9. The van der Waals surface area contributed by atoms with Gasteiger partial charge in [-0.1, -0.05) is 236 Å². The SMILES string of the molecule is [2H]c1c([2H])c(C(F)(F)F)c([2H])c([2H])c1-c1c([2H])c([2H])c(C([2H])([2H])N(C(=O)C([2H])([2H])n2c(SC([2H])([2H])c3ccc(F)cc3)nc(=O)c3c2C([2H])([2H])C([2H])(C)C3([2H])[2H])C([2H])([2H])C([2H])([2H])N(C([2H])([2H])C)C([2H])([2H])C)c([2H])c1[2H].[2H]c1c([2H])c(C([2H])([2H])Sc2nc(=O)c3c(n2C([2H])([2H])C(=O)N(C([2H])(C)c2ccc(-c4ccc(C(F)(F)F)cc4)cc2)C([2H])([2H])C([2H])([2H])N(C([2H])([2H])C)C([2H])([2H])C)CCC3)c([2H])c([2H])c1F.[2H]c1c([2H])c(C([2H])([2H])Sc2nc(=O)c3c(n2C([2H])([2H])C(=O)N(C([2H])([2H])c2ccc(-c4ccc(C(F)(F)F)cc4)cc2)C([2H])([2H])C([2H])([2H])N(C([2H])([2H])C)C([2H])([2H])C)C([2H])([2H])C([2H])(C)C3([2H])[2H])c([2H])c([2H])c1F. The molecular formula is C111H120F12N12O6S3. The Balaban J connectivity index is 0.000000253. The summed E-state index contributed by atoms with van der Waals surface area (Å²) in [5, 5.41) is -4.10. The zero-order chi connectivity index (χ0) is 163. The average molecular weight is 2110 g/mol. The van der Waals surface area contributed by atoms with E-state index in [-0.39, 0.29) is 90.7 Å². The molecule has 0 aliphatic heterocycles. The van der Waals surface area contributed by atoms with Gasteiger partial charge in [0.15, 0.2) is 15.5 Å². The number of hydrogen-bond acceptors (Lipinski definition) is 15. The molecule has 0 spiro atoms. The van der Waals surface area contributed by atoms with Crippen molar-refractivity contribution in [1.82, 2.24) is 58.1 Å². The van der Waals surface area contributed by atoms with Crippen molar-refractivity contribution in [2.24, 2.45) is 11.8 Å². The van der Waals surface area contributed by atoms with E-state index >= 15 is 14.4 Å². The number of halogens is 12. The minimum atomic E-state index is -5.55. The van der Waals surface area contributed by atoms with E-state index in [1.54, 1.807) is 0 Å². The lowest BCUT2D eigenvalue weighted by atomic mass is 9.99. The van der Waals surface area contributed by atoms with Gasteiger partial charge in [-0.25, -0.2) is 13.2 Å². The number of thioether (sulfide) groups is 3. The Kier molecular flexibility index (Phi) is 17.8. The largest absolute Gasteiger partial charge is 0.416 e. The topological polar surface area (TPSA) is 175 Å². The third-order valence-corrected chi connectivity index (χ3v) is 21.8. The molecule has 9 aromatic carbocycles. The molecule has 0 saturated heterocycles. The summed E-state index contributed by atoms with van der Waals surface area (Å²) in [4.78, 5) is 94.7. The highest BCUT2D eigenvalue weighted by Gasteiger charge is 2.36. The van der Waals surface area contributed by atoms with Gasteiger partial charge in [-0.3, -0.25) is 28.8 Å². The van der Waals surface area contributed by atoms with Gasteiger partial charge in [0.25, 0.3) is 16.7 Å². The lowest BCUT2D eigenvalue weighted by Gasteiger charge is -2.33. The van der Waals surface area contributed by atoms with Crippen LogP contribution in [0.25, 0.3) is 33.4 Å². The van der Waals surface area contributed by atoms with Gasteiger partial charge in [-0.15, -0.1) is 0 Å². The summed E-state index contributed by atoms with van der Waals surface area (Å²) in [6.07, 6.45) is -29.6. The van der Waals surface area contributed by atoms with Crippen molar-refractivity contribution in [1.29, 1.82) is 0 Å². The van der Waals surface area contributed by atoms with Crippen molar-refractivity contribution in [3.8, 4) is 33.4 Å². The monoisotopic (exact) mass is 2110 g/mol. The molecule has 3 atom stereocenters. The van der Waals surface area contributed by atoms with Crippen LogP contribution in [-0.2, 0) is 121 Å². The molecule has 0 fully saturated rings. The van der Waals surface area contributed by atoms with Crippen molar-refractivity contribution >= 4 is 53.0 Å². The first-order valence-corrected chi connectivity index (χ1v) is 43.9. The zero-order valence-corrected chi connectivity index (χ0v) is 78.2. The molecule has 3 aromatic heterocycles. The van der Waals surface area contributed by atoms with Crippen LogP contribution >= 0.6 is 35.3 Å². The molecule has 0 saturated carbocycles. The molecule has 3 heterocycles. The first-order valence-electron chi connectivity index (χ1n) is 74.9. The Bertz CT molecular complexity index is 10100. The standard InChI is InChI=1S/3C37H40F4N4O2S/c2*1-4-43(5-2)18-19-44(22-26-6-10-28(11-7-26)29-12-14-30(15-13-29)37(39,40)41)34(46)23-45-33-21-25(3)20-32(33)35(47)42-36(45)48-24-27-8-16-31(38)17-9-27;1-4-43(5-2)21-22-44(25(3)27-11-13-28(14-12-27)29-15-17-30(18-16-29)37(39,40)41)34(46)23-45-33-8-6-7-32(33)35(47)42-36(45)48-24-26-9-19-31(38)20-10-26/h2*6-17,25H,4-5,18-24H2,1-3H3;9-20,25H,4-8,21-24H2,1-3H3/i4D2,5D2,6D,7D,10D,11D,12D,13D,14D,15D,18D2,19D2,20D2,21D2,22D2,23D2,24D2,25D;4D2,5D2,8D,9D,16D,17D,18D2,19D2,20D2,21D2,22D2,23D2,24D2,25D;4D2,5D2,9D,10D,19D,20D,21D2,22D2,23D2,24D2,25D. The molecule has 3 aliphatic rings. The number of carbonyl (C=O) groups is 3. The predicted octanol–water partition coefficient (Wildman–Crippen LogP) is 22.7. The molecule has 0 bridgehead atoms. The van der Waals surface area contributed by atoms with Crippen LogP contribution in [0.5, 0.6) is 0 Å². The first-order chi connectivity index (χ1) is 94.2. The van der Waals surface area contributed by atoms with Crippen LogP contribution in [0.4, 0.5) is 52.7 Å². The molecular weight excluding hydrogens is 1920 g/mol. The van der Waals surface area contributed by atoms with Crippen molar-refractivity contribution in [2.45, 2.75) is 197 Å². The second kappa shape index (κ2) is 50.3. The van der Waals surface area contributed by atoms with Gasteiger partial charge in [0.05, 0.1) is 67.9 Å². The Morgan fingerprint density at radius 2 is 0.736 bits per heavy atom. The fraction of sp³-hybridized carbons (Fsp3) is 0.378. The first kappa shape index (κ1) is 51.0. The van der Waals surface area contributed by atoms with Crippen LogP contribution in [0.15, 0.2) is 248 Å². The number of aromatic nitrogens is 6. The number of amides is 3. The van der Waals surface area contributed by atoms with E-state index in [9.17, 15) is 90.4 Å². The number of likely N-dealkylation sites (N-methyl/N-ethyl adjacent to an activating group) is 3. The second-order valence-corrected chi connectivity index (χ2v) is 31.3. The van der Waals surface area contributed by atoms with E-state index in [0.717, 1.165) is 104 Å². The second-order valence-electron chi connectivity index (χ2n) is 29.0. The van der Waals surface area contributed by atoms with Crippen LogP contribution < -0.4 is 16.7 Å². The third-order valence-electron chi connectivity index (χ3n) is 19.5. The fourth-order valence-electron chi connectivity index (χ4n) is 12.6. The predicted molar refractivity (Wildman–Crippen MR) is 544 cm³/mol. The maximum absolute atomic E-state index is 15.6. The highest BCUT2D eigenvalue weighted by Crippen LogP contribution is 2.39. The summed E-state index contributed by atoms with van der Waals surface area (Å²) >= 11 is -1.17. The Labute approximate surface area is 938 Å². The van der Waals surface area contributed by atoms with Crippen LogP contribution in [0.1, 0.15) is 250 Å². The number of carbonyl (C=O) groups excluding carboxylic acids is 3. The van der Waals surface area contributed by atoms with Gasteiger partial charge in [-0.2, -0.15) is 54.5 Å². The van der Waals surface area contributed by atoms with E-state index < -0.39 is 473 Å². The van der Waals surface area contributed by atoms with Gasteiger partial charge < -0.3 is 43.1 Å². The van der Waals surface area contributed by atoms with Gasteiger partial charge in [0, 0.05) is 149 Å². The van der Waals surface area contributed by atoms with Gasteiger partial charge in [-0.05, 0) is 242 Å². The van der Waals surface area contributed by atoms with Crippen molar-refractivity contribution in [2.75, 3.05) is 78.0 Å². The number of rotatable bonds is 39. The summed E-state index contributed by atoms with van der Waals surface area (Å²) in [5.41, 5.74) is -33.8. The van der Waals surface area contributed by atoms with Gasteiger partial charge in [0.2, 0.25) is 17.7 Å². The maximum atomic E-state index is 15.6. The number of fused-ring (bicyclic) bond motifs is 3. The molecule has 3 amide bonds. The molecule has 144 heavy (non-hydrogen) atoms. The molecule has 0 radical (unpaired) electrons. The van der Waals surface area contributed by atoms with Crippen LogP contribution in [0.3, 0.4) is 0 Å². The number of benzene rings is 9. The normalized spacial score (nSPS) is 25.5. The summed E-state index contributed by atoms with van der Waals surface area (Å²) in [5.74, 6) is -18.6. The van der Waals surface area contributed by atoms with Crippen molar-refractivity contribution < 1.29 is 159 Å². The summed E-state index contributed by atoms with van der Waals surface area (Å²) in [7, 11) is 0. The molecule has 33 heteroatoms. The van der Waals surface area contributed by atoms with E-state index in [1.807, 2.05) is 0 Å². The molecule has 12 aromatic rings. The highest BCUT2D eigenvalue weighted by molar-refractivity contribution is 7.98. The highest BCUT2D eigenvalue weighted by atomic mass is 32.2. The van der Waals surface area contributed by atoms with Crippen molar-refractivity contribution in [3.05, 3.63) is 350 Å². The zero-order valence-electron chi connectivity index (χ0n) is 143. The molecule has 18 nitrogen and oxygen atoms in total. The van der Waals surface area contributed by atoms with Gasteiger partial charge >= 0.3 is 18.5 Å². The smallest absolute Gasteiger partial charge is 0.336 e. The summed E-state index contributed by atoms with van der Waals surface area (Å²) in [6, 6.07) is -8.68. The molecule has 15 rings (SSSR count). The molecule has 3 aliphatic carbocycles. The number of hydrogen-bond donors (Lipinski definition) is 0. The fourth-order valence-corrected chi connectivity index (χ4v) is 14.6. The minimum absolute atomic E-state index is 0.0537. The lowest BCUT2D eigenvalue weighted by Crippen LogP contribution is -2.42. The van der Waals surface area contributed by atoms with E-state index in [2.05, 4.69) is 15.0 Å². The Morgan fingerprint density at radius 1 is 0.396 bits per heavy atom. The average Bonchev–Trinajstić information content (AvgIpc) is 1.51. The lowest BCUT2D eigenvalue weighted by molar-refractivity contribution is -0.138. The molecule has 0 N–H and O–H groups in total. The minimum Gasteiger partial charge on any atom is -0.336 e. The van der Waals surface area contributed by atoms with E-state index in [4.69, 9.17) is 68.5 Å². The molecule has 762 valence electrons. The maximum Gasteiger partial charge on any atom is 0.416 e. The Morgan fingerprint density at radius 3 is 1.14 bits per heavy atom.